The molecule has 1 saturated heterocycles. The third kappa shape index (κ3) is 7.36. The number of benzene rings is 1. The Balaban J connectivity index is 1.58. The molecular formula is C18H29ClN2O3. The van der Waals surface area contributed by atoms with E-state index < -0.39 is 6.10 Å². The van der Waals surface area contributed by atoms with Crippen LogP contribution in [0.5, 0.6) is 5.75 Å². The van der Waals surface area contributed by atoms with Gasteiger partial charge in [0, 0.05) is 44.3 Å². The minimum atomic E-state index is -0.410. The van der Waals surface area contributed by atoms with Crippen molar-refractivity contribution in [2.24, 2.45) is 0 Å². The summed E-state index contributed by atoms with van der Waals surface area (Å²) in [6.07, 6.45) is -0.246. The second-order valence-corrected chi connectivity index (χ2v) is 6.92. The first-order chi connectivity index (χ1) is 11.5. The summed E-state index contributed by atoms with van der Waals surface area (Å²) in [4.78, 5) is 4.69. The van der Waals surface area contributed by atoms with E-state index in [1.165, 1.54) is 0 Å². The Labute approximate surface area is 150 Å². The van der Waals surface area contributed by atoms with Crippen LogP contribution in [0.4, 0.5) is 0 Å². The van der Waals surface area contributed by atoms with E-state index >= 15 is 0 Å². The van der Waals surface area contributed by atoms with Crippen LogP contribution in [0.25, 0.3) is 0 Å². The first-order valence-electron chi connectivity index (χ1n) is 8.65. The van der Waals surface area contributed by atoms with E-state index in [0.717, 1.165) is 43.5 Å². The average Bonchev–Trinajstić information content (AvgIpc) is 2.56. The van der Waals surface area contributed by atoms with Gasteiger partial charge < -0.3 is 14.6 Å². The number of hydrogen-bond acceptors (Lipinski definition) is 5. The number of β-amino-alcohol motifs (C(OH)–C–C–N with tert-alkyl or cyclic N) is 1. The van der Waals surface area contributed by atoms with E-state index in [1.807, 2.05) is 38.1 Å². The van der Waals surface area contributed by atoms with Crippen LogP contribution < -0.4 is 4.74 Å². The average molecular weight is 357 g/mol. The van der Waals surface area contributed by atoms with Crippen molar-refractivity contribution in [2.45, 2.75) is 26.1 Å². The van der Waals surface area contributed by atoms with Crippen LogP contribution in [0.3, 0.4) is 0 Å². The fourth-order valence-corrected chi connectivity index (χ4v) is 2.80. The Morgan fingerprint density at radius 3 is 2.33 bits per heavy atom. The maximum Gasteiger partial charge on any atom is 0.119 e. The maximum atomic E-state index is 9.99. The van der Waals surface area contributed by atoms with Crippen molar-refractivity contribution in [3.05, 3.63) is 29.3 Å². The third-order valence-electron chi connectivity index (χ3n) is 4.05. The van der Waals surface area contributed by atoms with Crippen molar-refractivity contribution >= 4 is 11.6 Å². The molecule has 1 N–H and O–H groups in total. The third-order valence-corrected chi connectivity index (χ3v) is 4.30. The molecule has 1 fully saturated rings. The molecular weight excluding hydrogens is 328 g/mol. The molecule has 6 heteroatoms. The zero-order chi connectivity index (χ0) is 17.4. The van der Waals surface area contributed by atoms with E-state index in [2.05, 4.69) is 9.80 Å². The largest absolute Gasteiger partial charge is 0.492 e. The highest BCUT2D eigenvalue weighted by molar-refractivity contribution is 6.30. The smallest absolute Gasteiger partial charge is 0.119 e. The van der Waals surface area contributed by atoms with E-state index in [-0.39, 0.29) is 6.10 Å². The lowest BCUT2D eigenvalue weighted by Gasteiger charge is -2.35. The van der Waals surface area contributed by atoms with Crippen LogP contribution in [-0.2, 0) is 4.74 Å². The zero-order valence-electron chi connectivity index (χ0n) is 14.7. The molecule has 0 radical (unpaired) electrons. The van der Waals surface area contributed by atoms with E-state index in [9.17, 15) is 5.11 Å². The van der Waals surface area contributed by atoms with Gasteiger partial charge in [0.1, 0.15) is 12.4 Å². The molecule has 0 aromatic heterocycles. The number of aliphatic hydroxyl groups excluding tert-OH is 1. The van der Waals surface area contributed by atoms with Gasteiger partial charge >= 0.3 is 0 Å². The predicted octanol–water partition coefficient (Wildman–Crippen LogP) is 2.12. The number of hydrogen-bond donors (Lipinski definition) is 1. The Kier molecular flexibility index (Phi) is 8.29. The summed E-state index contributed by atoms with van der Waals surface area (Å²) < 4.78 is 11.2. The highest BCUT2D eigenvalue weighted by Crippen LogP contribution is 2.15. The fourth-order valence-electron chi connectivity index (χ4n) is 2.67. The van der Waals surface area contributed by atoms with Gasteiger partial charge in [-0.3, -0.25) is 9.80 Å². The lowest BCUT2D eigenvalue weighted by atomic mass is 10.2. The molecule has 2 rings (SSSR count). The van der Waals surface area contributed by atoms with Crippen LogP contribution in [-0.4, -0.2) is 79.6 Å². The molecule has 0 saturated carbocycles. The van der Waals surface area contributed by atoms with Crippen molar-refractivity contribution < 1.29 is 14.6 Å². The monoisotopic (exact) mass is 356 g/mol. The van der Waals surface area contributed by atoms with Crippen LogP contribution in [0.2, 0.25) is 5.02 Å². The van der Waals surface area contributed by atoms with Gasteiger partial charge in [0.05, 0.1) is 18.8 Å². The van der Waals surface area contributed by atoms with Crippen LogP contribution in [0.15, 0.2) is 24.3 Å². The lowest BCUT2D eigenvalue weighted by molar-refractivity contribution is -0.0149. The molecule has 24 heavy (non-hydrogen) atoms. The van der Waals surface area contributed by atoms with Crippen LogP contribution in [0.1, 0.15) is 13.8 Å². The van der Waals surface area contributed by atoms with Gasteiger partial charge in [0.15, 0.2) is 0 Å². The molecule has 1 heterocycles. The first-order valence-corrected chi connectivity index (χ1v) is 9.03. The summed E-state index contributed by atoms with van der Waals surface area (Å²) in [6.45, 7) is 10.6. The first kappa shape index (κ1) is 19.5. The minimum absolute atomic E-state index is 0.164. The molecule has 136 valence electrons. The highest BCUT2D eigenvalue weighted by Gasteiger charge is 2.19. The zero-order valence-corrected chi connectivity index (χ0v) is 15.4. The molecule has 1 atom stereocenters. The SMILES string of the molecule is CC(C)OCC(O)CN1CCN(CCOc2ccc(Cl)cc2)CC1. The Bertz CT molecular complexity index is 462. The molecule has 0 bridgehead atoms. The van der Waals surface area contributed by atoms with Gasteiger partial charge in [0.25, 0.3) is 0 Å². The number of rotatable bonds is 9. The molecule has 1 unspecified atom stereocenters. The summed E-state index contributed by atoms with van der Waals surface area (Å²) in [7, 11) is 0. The van der Waals surface area contributed by atoms with Crippen molar-refractivity contribution in [1.29, 1.82) is 0 Å². The van der Waals surface area contributed by atoms with E-state index in [1.54, 1.807) is 0 Å². The molecule has 1 aromatic rings. The van der Waals surface area contributed by atoms with Gasteiger partial charge in [-0.2, -0.15) is 0 Å². The van der Waals surface area contributed by atoms with Crippen molar-refractivity contribution in [2.75, 3.05) is 52.5 Å². The second kappa shape index (κ2) is 10.2. The molecule has 1 aliphatic heterocycles. The fraction of sp³-hybridized carbons (Fsp3) is 0.667. The number of aliphatic hydroxyl groups is 1. The molecule has 0 spiro atoms. The summed E-state index contributed by atoms with van der Waals surface area (Å²) >= 11 is 5.86. The Morgan fingerprint density at radius 1 is 1.08 bits per heavy atom. The quantitative estimate of drug-likeness (QED) is 0.734. The summed E-state index contributed by atoms with van der Waals surface area (Å²) in [5, 5.41) is 10.7. The van der Waals surface area contributed by atoms with Crippen molar-refractivity contribution in [3.8, 4) is 5.75 Å². The lowest BCUT2D eigenvalue weighted by Crippen LogP contribution is -2.49. The maximum absolute atomic E-state index is 9.99. The minimum Gasteiger partial charge on any atom is -0.492 e. The van der Waals surface area contributed by atoms with Gasteiger partial charge in [0.2, 0.25) is 0 Å². The van der Waals surface area contributed by atoms with Gasteiger partial charge in [-0.15, -0.1) is 0 Å². The second-order valence-electron chi connectivity index (χ2n) is 6.48. The molecule has 1 aliphatic rings. The van der Waals surface area contributed by atoms with Crippen molar-refractivity contribution in [3.63, 3.8) is 0 Å². The number of halogens is 1. The predicted molar refractivity (Wildman–Crippen MR) is 96.9 cm³/mol. The molecule has 0 aliphatic carbocycles. The highest BCUT2D eigenvalue weighted by atomic mass is 35.5. The van der Waals surface area contributed by atoms with Crippen LogP contribution >= 0.6 is 11.6 Å². The van der Waals surface area contributed by atoms with Gasteiger partial charge in [-0.25, -0.2) is 0 Å². The topological polar surface area (TPSA) is 45.2 Å². The molecule has 1 aromatic carbocycles. The summed E-state index contributed by atoms with van der Waals surface area (Å²) in [5.41, 5.74) is 0. The summed E-state index contributed by atoms with van der Waals surface area (Å²) in [6, 6.07) is 7.45. The van der Waals surface area contributed by atoms with Gasteiger partial charge in [-0.1, -0.05) is 11.6 Å². The van der Waals surface area contributed by atoms with E-state index in [0.29, 0.717) is 19.8 Å². The number of piperazine rings is 1. The molecule has 0 amide bonds. The van der Waals surface area contributed by atoms with Crippen molar-refractivity contribution in [1.82, 2.24) is 9.80 Å². The number of nitrogens with zero attached hydrogens (tertiary/aromatic N) is 2. The standard InChI is InChI=1S/C18H29ClN2O3/c1-15(2)24-14-17(22)13-21-9-7-20(8-10-21)11-12-23-18-5-3-16(19)4-6-18/h3-6,15,17,22H,7-14H2,1-2H3. The summed E-state index contributed by atoms with van der Waals surface area (Å²) in [5.74, 6) is 0.853. The number of ether oxygens (including phenoxy) is 2. The van der Waals surface area contributed by atoms with Crippen LogP contribution in [0, 0.1) is 0 Å². The Morgan fingerprint density at radius 2 is 1.71 bits per heavy atom. The normalized spacial score (nSPS) is 18.0. The van der Waals surface area contributed by atoms with Gasteiger partial charge in [-0.05, 0) is 38.1 Å². The molecule has 5 nitrogen and oxygen atoms in total. The van der Waals surface area contributed by atoms with E-state index in [4.69, 9.17) is 21.1 Å². The Hall–Kier alpha value is -0.850.